The first-order valence-electron chi connectivity index (χ1n) is 9.10. The van der Waals surface area contributed by atoms with Crippen molar-refractivity contribution in [2.45, 2.75) is 26.4 Å². The van der Waals surface area contributed by atoms with Gasteiger partial charge in [-0.25, -0.2) is 4.79 Å². The Balaban J connectivity index is 1.46. The fourth-order valence-electron chi connectivity index (χ4n) is 2.66. The molecule has 4 N–H and O–H groups in total. The first kappa shape index (κ1) is 20.6. The molecule has 1 aromatic carbocycles. The first-order chi connectivity index (χ1) is 14.4. The lowest BCUT2D eigenvalue weighted by molar-refractivity contribution is -0.121. The molecule has 0 radical (unpaired) electrons. The highest BCUT2D eigenvalue weighted by Crippen LogP contribution is 2.13. The maximum absolute atomic E-state index is 12.1. The van der Waals surface area contributed by atoms with E-state index in [0.717, 1.165) is 0 Å². The van der Waals surface area contributed by atoms with E-state index in [1.165, 1.54) is 6.07 Å². The molecular weight excluding hydrogens is 392 g/mol. The number of hydrogen-bond donors (Lipinski definition) is 4. The smallest absolute Gasteiger partial charge is 0.325 e. The van der Waals surface area contributed by atoms with Crippen LogP contribution in [0.1, 0.15) is 34.0 Å². The first-order valence-corrected chi connectivity index (χ1v) is 9.10. The van der Waals surface area contributed by atoms with Crippen LogP contribution in [0.2, 0.25) is 0 Å². The van der Waals surface area contributed by atoms with Crippen molar-refractivity contribution in [3.05, 3.63) is 86.1 Å². The largest absolute Gasteiger partial charge is 0.486 e. The van der Waals surface area contributed by atoms with Crippen molar-refractivity contribution in [2.24, 2.45) is 0 Å². The monoisotopic (exact) mass is 412 g/mol. The van der Waals surface area contributed by atoms with Crippen LogP contribution in [0.3, 0.4) is 0 Å². The molecule has 0 atom stereocenters. The highest BCUT2D eigenvalue weighted by molar-refractivity contribution is 5.92. The lowest BCUT2D eigenvalue weighted by Crippen LogP contribution is -2.41. The normalized spacial score (nSPS) is 10.4. The average molecular weight is 412 g/mol. The summed E-state index contributed by atoms with van der Waals surface area (Å²) in [5, 5.41) is 0. The van der Waals surface area contributed by atoms with Crippen molar-refractivity contribution in [1.82, 2.24) is 20.8 Å². The molecule has 0 saturated heterocycles. The summed E-state index contributed by atoms with van der Waals surface area (Å²) in [6.07, 6.45) is 0.0337. The number of H-pyrrole nitrogens is 2. The van der Waals surface area contributed by atoms with Crippen LogP contribution in [0.15, 0.2) is 56.5 Å². The molecule has 0 aliphatic rings. The molecule has 3 aromatic rings. The van der Waals surface area contributed by atoms with E-state index in [9.17, 15) is 19.2 Å². The summed E-state index contributed by atoms with van der Waals surface area (Å²) in [5.74, 6) is -0.0124. The molecule has 0 fully saturated rings. The maximum atomic E-state index is 12.1. The van der Waals surface area contributed by atoms with Gasteiger partial charge in [0, 0.05) is 17.7 Å². The Bertz CT molecular complexity index is 1150. The fraction of sp³-hybridized carbons (Fsp3) is 0.200. The molecule has 0 bridgehead atoms. The zero-order chi connectivity index (χ0) is 21.5. The van der Waals surface area contributed by atoms with Crippen molar-refractivity contribution in [2.75, 3.05) is 0 Å². The molecule has 0 unspecified atom stereocenters. The van der Waals surface area contributed by atoms with Crippen molar-refractivity contribution < 1.29 is 18.7 Å². The van der Waals surface area contributed by atoms with Crippen LogP contribution in [0, 0.1) is 6.92 Å². The highest BCUT2D eigenvalue weighted by atomic mass is 16.5. The third kappa shape index (κ3) is 5.47. The van der Waals surface area contributed by atoms with E-state index >= 15 is 0 Å². The molecular formula is C20H20N4O6. The number of para-hydroxylation sites is 1. The molecule has 0 aliphatic heterocycles. The van der Waals surface area contributed by atoms with Crippen LogP contribution < -0.4 is 26.8 Å². The van der Waals surface area contributed by atoms with E-state index in [4.69, 9.17) is 9.15 Å². The molecule has 30 heavy (non-hydrogen) atoms. The van der Waals surface area contributed by atoms with Gasteiger partial charge in [-0.1, -0.05) is 18.2 Å². The predicted molar refractivity (Wildman–Crippen MR) is 106 cm³/mol. The molecule has 0 spiro atoms. The van der Waals surface area contributed by atoms with Crippen molar-refractivity contribution in [1.29, 1.82) is 0 Å². The van der Waals surface area contributed by atoms with Crippen LogP contribution >= 0.6 is 0 Å². The Kier molecular flexibility index (Phi) is 6.48. The summed E-state index contributed by atoms with van der Waals surface area (Å²) in [6, 6.07) is 12.2. The number of carbonyl (C=O) groups is 2. The van der Waals surface area contributed by atoms with Crippen molar-refractivity contribution in [3.63, 3.8) is 0 Å². The molecule has 0 aliphatic carbocycles. The number of amides is 2. The van der Waals surface area contributed by atoms with E-state index in [2.05, 4.69) is 20.8 Å². The molecule has 156 valence electrons. The number of rotatable bonds is 7. The zero-order valence-electron chi connectivity index (χ0n) is 16.1. The standard InChI is InChI=1S/C20H20N4O6/c1-12-15(18(26)22-20(28)21-12)8-10-17(25)23-24-19(27)16-9-7-14(30-16)11-29-13-5-3-2-4-6-13/h2-7,9H,8,10-11H2,1H3,(H,23,25)(H,24,27)(H2,21,22,26,28). The van der Waals surface area contributed by atoms with Crippen LogP contribution in [0.25, 0.3) is 0 Å². The van der Waals surface area contributed by atoms with Crippen LogP contribution in [0.5, 0.6) is 5.75 Å². The summed E-state index contributed by atoms with van der Waals surface area (Å²) in [7, 11) is 0. The van der Waals surface area contributed by atoms with Crippen LogP contribution in [-0.2, 0) is 17.8 Å². The molecule has 2 heterocycles. The van der Waals surface area contributed by atoms with Gasteiger partial charge in [-0.3, -0.25) is 30.2 Å². The number of nitrogens with one attached hydrogen (secondary N) is 4. The number of aromatic amines is 2. The second kappa shape index (κ2) is 9.41. The summed E-state index contributed by atoms with van der Waals surface area (Å²) in [4.78, 5) is 51.6. The van der Waals surface area contributed by atoms with Crippen molar-refractivity contribution in [3.8, 4) is 5.75 Å². The maximum Gasteiger partial charge on any atom is 0.325 e. The Labute approximate surface area is 170 Å². The van der Waals surface area contributed by atoms with Gasteiger partial charge >= 0.3 is 11.6 Å². The third-order valence-corrected chi connectivity index (χ3v) is 4.18. The number of benzene rings is 1. The topological polar surface area (TPSA) is 146 Å². The van der Waals surface area contributed by atoms with Gasteiger partial charge in [0.1, 0.15) is 18.1 Å². The van der Waals surface area contributed by atoms with Crippen LogP contribution in [-0.4, -0.2) is 21.8 Å². The van der Waals surface area contributed by atoms with Gasteiger partial charge in [-0.15, -0.1) is 0 Å². The molecule has 0 saturated carbocycles. The number of ether oxygens (including phenoxy) is 1. The number of hydrogen-bond acceptors (Lipinski definition) is 6. The van der Waals surface area contributed by atoms with Gasteiger partial charge in [0.15, 0.2) is 5.76 Å². The number of hydrazine groups is 1. The predicted octanol–water partition coefficient (Wildman–Crippen LogP) is 0.937. The quantitative estimate of drug-likeness (QED) is 0.425. The Morgan fingerprint density at radius 2 is 1.80 bits per heavy atom. The van der Waals surface area contributed by atoms with Gasteiger partial charge in [0.2, 0.25) is 5.91 Å². The molecule has 3 rings (SSSR count). The summed E-state index contributed by atoms with van der Waals surface area (Å²) < 4.78 is 10.9. The fourth-order valence-corrected chi connectivity index (χ4v) is 2.66. The van der Waals surface area contributed by atoms with E-state index in [0.29, 0.717) is 22.8 Å². The minimum absolute atomic E-state index is 0.00915. The van der Waals surface area contributed by atoms with E-state index in [1.54, 1.807) is 25.1 Å². The minimum atomic E-state index is -0.632. The third-order valence-electron chi connectivity index (χ3n) is 4.18. The Morgan fingerprint density at radius 1 is 1.03 bits per heavy atom. The summed E-state index contributed by atoms with van der Waals surface area (Å²) in [5.41, 5.74) is 4.03. The molecule has 10 nitrogen and oxygen atoms in total. The second-order valence-corrected chi connectivity index (χ2v) is 6.38. The lowest BCUT2D eigenvalue weighted by Gasteiger charge is -2.07. The Hall–Kier alpha value is -4.08. The Morgan fingerprint density at radius 3 is 2.53 bits per heavy atom. The summed E-state index contributed by atoms with van der Waals surface area (Å²) in [6.45, 7) is 1.72. The number of carbonyl (C=O) groups excluding carboxylic acids is 2. The molecule has 2 aromatic heterocycles. The van der Waals surface area contributed by atoms with Gasteiger partial charge in [-0.2, -0.15) is 0 Å². The van der Waals surface area contributed by atoms with Gasteiger partial charge in [0.05, 0.1) is 0 Å². The second-order valence-electron chi connectivity index (χ2n) is 6.38. The number of furan rings is 1. The van der Waals surface area contributed by atoms with E-state index in [-0.39, 0.29) is 25.2 Å². The highest BCUT2D eigenvalue weighted by Gasteiger charge is 2.14. The minimum Gasteiger partial charge on any atom is -0.486 e. The number of aryl methyl sites for hydroxylation is 1. The van der Waals surface area contributed by atoms with Crippen molar-refractivity contribution >= 4 is 11.8 Å². The van der Waals surface area contributed by atoms with E-state index in [1.807, 2.05) is 18.2 Å². The van der Waals surface area contributed by atoms with Crippen LogP contribution in [0.4, 0.5) is 0 Å². The SMILES string of the molecule is Cc1[nH]c(=O)[nH]c(=O)c1CCC(=O)NNC(=O)c1ccc(COc2ccccc2)o1. The van der Waals surface area contributed by atoms with Gasteiger partial charge < -0.3 is 14.1 Å². The van der Waals surface area contributed by atoms with Gasteiger partial charge in [0.25, 0.3) is 5.56 Å². The lowest BCUT2D eigenvalue weighted by atomic mass is 10.1. The zero-order valence-corrected chi connectivity index (χ0v) is 16.1. The number of aromatic nitrogens is 2. The van der Waals surface area contributed by atoms with E-state index < -0.39 is 23.1 Å². The molecule has 2 amide bonds. The molecule has 10 heteroatoms. The van der Waals surface area contributed by atoms with Gasteiger partial charge in [-0.05, 0) is 37.6 Å². The summed E-state index contributed by atoms with van der Waals surface area (Å²) >= 11 is 0. The average Bonchev–Trinajstić information content (AvgIpc) is 3.19.